The van der Waals surface area contributed by atoms with Gasteiger partial charge < -0.3 is 9.80 Å². The zero-order chi connectivity index (χ0) is 18.5. The van der Waals surface area contributed by atoms with E-state index in [9.17, 15) is 22.8 Å². The van der Waals surface area contributed by atoms with E-state index in [1.54, 1.807) is 4.90 Å². The fourth-order valence-electron chi connectivity index (χ4n) is 4.76. The number of halogens is 3. The van der Waals surface area contributed by atoms with Crippen molar-refractivity contribution in [3.8, 4) is 0 Å². The maximum absolute atomic E-state index is 12.8. The molecular weight excluding hydrogens is 345 g/mol. The molecule has 0 unspecified atom stereocenters. The van der Waals surface area contributed by atoms with Crippen LogP contribution in [0.4, 0.5) is 13.2 Å². The Labute approximate surface area is 149 Å². The zero-order valence-corrected chi connectivity index (χ0v) is 14.3. The Morgan fingerprint density at radius 2 is 1.81 bits per heavy atom. The molecule has 3 saturated heterocycles. The maximum atomic E-state index is 12.8. The molecule has 3 fully saturated rings. The molecule has 0 N–H and O–H groups in total. The third kappa shape index (κ3) is 3.08. The molecule has 3 heterocycles. The minimum Gasteiger partial charge on any atom is -0.339 e. The second-order valence-electron chi connectivity index (χ2n) is 7.65. The molecule has 3 aliphatic rings. The van der Waals surface area contributed by atoms with E-state index < -0.39 is 11.7 Å². The van der Waals surface area contributed by atoms with Gasteiger partial charge in [0, 0.05) is 37.7 Å². The van der Waals surface area contributed by atoms with E-state index in [4.69, 9.17) is 0 Å². The van der Waals surface area contributed by atoms with E-state index in [1.165, 1.54) is 12.1 Å². The summed E-state index contributed by atoms with van der Waals surface area (Å²) in [7, 11) is 0. The highest BCUT2D eigenvalue weighted by atomic mass is 19.4. The minimum atomic E-state index is -4.40. The lowest BCUT2D eigenvalue weighted by molar-refractivity contribution is -0.144. The van der Waals surface area contributed by atoms with E-state index in [-0.39, 0.29) is 35.3 Å². The summed E-state index contributed by atoms with van der Waals surface area (Å²) in [4.78, 5) is 28.7. The van der Waals surface area contributed by atoms with Crippen LogP contribution in [0.25, 0.3) is 0 Å². The fourth-order valence-corrected chi connectivity index (χ4v) is 4.76. The third-order valence-corrected chi connectivity index (χ3v) is 5.93. The van der Waals surface area contributed by atoms with Gasteiger partial charge in [0.25, 0.3) is 5.91 Å². The average molecular weight is 366 g/mol. The summed E-state index contributed by atoms with van der Waals surface area (Å²) >= 11 is 0. The van der Waals surface area contributed by atoms with Crippen LogP contribution in [0.1, 0.15) is 41.6 Å². The third-order valence-electron chi connectivity index (χ3n) is 5.93. The molecule has 2 bridgehead atoms. The molecule has 26 heavy (non-hydrogen) atoms. The normalized spacial score (nSPS) is 28.7. The van der Waals surface area contributed by atoms with Gasteiger partial charge >= 0.3 is 6.18 Å². The number of carbonyl (C=O) groups is 2. The summed E-state index contributed by atoms with van der Waals surface area (Å²) in [6.45, 7) is 1.83. The molecule has 1 aromatic rings. The van der Waals surface area contributed by atoms with E-state index in [0.717, 1.165) is 31.4 Å². The topological polar surface area (TPSA) is 40.6 Å². The predicted molar refractivity (Wildman–Crippen MR) is 88.3 cm³/mol. The van der Waals surface area contributed by atoms with Crippen LogP contribution in [0.5, 0.6) is 0 Å². The van der Waals surface area contributed by atoms with Crippen molar-refractivity contribution in [1.29, 1.82) is 0 Å². The number of amides is 2. The average Bonchev–Trinajstić information content (AvgIpc) is 2.61. The van der Waals surface area contributed by atoms with Crippen LogP contribution in [0.3, 0.4) is 0 Å². The van der Waals surface area contributed by atoms with Gasteiger partial charge in [-0.25, -0.2) is 0 Å². The van der Waals surface area contributed by atoms with Crippen molar-refractivity contribution in [2.45, 2.75) is 37.9 Å². The van der Waals surface area contributed by atoms with Crippen LogP contribution in [-0.2, 0) is 11.0 Å². The Kier molecular flexibility index (Phi) is 4.20. The number of hydrogen-bond donors (Lipinski definition) is 0. The van der Waals surface area contributed by atoms with Gasteiger partial charge in [-0.05, 0) is 55.4 Å². The Bertz CT molecular complexity index is 716. The lowest BCUT2D eigenvalue weighted by atomic mass is 9.76. The summed E-state index contributed by atoms with van der Waals surface area (Å²) in [5.74, 6) is 0.526. The van der Waals surface area contributed by atoms with Crippen molar-refractivity contribution < 1.29 is 22.8 Å². The number of benzene rings is 1. The summed E-state index contributed by atoms with van der Waals surface area (Å²) in [5.41, 5.74) is -0.463. The quantitative estimate of drug-likeness (QED) is 0.766. The number of hydrogen-bond acceptors (Lipinski definition) is 2. The maximum Gasteiger partial charge on any atom is 0.416 e. The highest BCUT2D eigenvalue weighted by Crippen LogP contribution is 2.38. The number of rotatable bonds is 1. The number of alkyl halides is 3. The molecule has 0 aromatic heterocycles. The molecular formula is C19H21F3N2O2. The summed E-state index contributed by atoms with van der Waals surface area (Å²) < 4.78 is 38.1. The first-order valence-electron chi connectivity index (χ1n) is 9.09. The van der Waals surface area contributed by atoms with E-state index in [1.807, 2.05) is 4.90 Å². The lowest BCUT2D eigenvalue weighted by Gasteiger charge is -2.52. The van der Waals surface area contributed by atoms with Gasteiger partial charge in [0.2, 0.25) is 5.91 Å². The van der Waals surface area contributed by atoms with Crippen molar-refractivity contribution in [3.05, 3.63) is 35.4 Å². The first-order chi connectivity index (χ1) is 12.3. The van der Waals surface area contributed by atoms with Gasteiger partial charge in [-0.15, -0.1) is 0 Å². The van der Waals surface area contributed by atoms with Crippen LogP contribution in [0.2, 0.25) is 0 Å². The largest absolute Gasteiger partial charge is 0.416 e. The SMILES string of the molecule is O=C(c1ccc(C(F)(F)F)cc1)N1C[C@H]2C[C@H](C1)[C@H]1CCCC(=O)N1C2. The van der Waals surface area contributed by atoms with Gasteiger partial charge in [0.05, 0.1) is 5.56 Å². The molecule has 0 aliphatic carbocycles. The highest BCUT2D eigenvalue weighted by molar-refractivity contribution is 5.94. The van der Waals surface area contributed by atoms with Gasteiger partial charge in [-0.1, -0.05) is 0 Å². The molecule has 0 saturated carbocycles. The van der Waals surface area contributed by atoms with Crippen LogP contribution in [0, 0.1) is 11.8 Å². The Morgan fingerprint density at radius 1 is 1.08 bits per heavy atom. The first kappa shape index (κ1) is 17.4. The van der Waals surface area contributed by atoms with Crippen molar-refractivity contribution in [2.75, 3.05) is 19.6 Å². The number of fused-ring (bicyclic) bond motifs is 4. The van der Waals surface area contributed by atoms with Crippen molar-refractivity contribution in [1.82, 2.24) is 9.80 Å². The standard InChI is InChI=1S/C19H21F3N2O2/c20-19(21,22)15-6-4-13(5-7-15)18(26)23-9-12-8-14(11-23)16-2-1-3-17(25)24(16)10-12/h4-7,12,14,16H,1-3,8-11H2/t12-,14-,16-/m1/s1. The Hall–Kier alpha value is -2.05. The second kappa shape index (κ2) is 6.28. The minimum absolute atomic E-state index is 0.204. The van der Waals surface area contributed by atoms with Crippen LogP contribution < -0.4 is 0 Å². The van der Waals surface area contributed by atoms with E-state index in [2.05, 4.69) is 0 Å². The zero-order valence-electron chi connectivity index (χ0n) is 14.3. The fraction of sp³-hybridized carbons (Fsp3) is 0.579. The molecule has 0 spiro atoms. The molecule has 0 radical (unpaired) electrons. The Balaban J connectivity index is 1.49. The van der Waals surface area contributed by atoms with Crippen LogP contribution >= 0.6 is 0 Å². The van der Waals surface area contributed by atoms with Gasteiger partial charge in [-0.2, -0.15) is 13.2 Å². The lowest BCUT2D eigenvalue weighted by Crippen LogP contribution is -2.61. The summed E-state index contributed by atoms with van der Waals surface area (Å²) in [5, 5.41) is 0. The molecule has 140 valence electrons. The monoisotopic (exact) mass is 366 g/mol. The Morgan fingerprint density at radius 3 is 2.50 bits per heavy atom. The second-order valence-corrected chi connectivity index (χ2v) is 7.65. The molecule has 4 nitrogen and oxygen atoms in total. The summed E-state index contributed by atoms with van der Waals surface area (Å²) in [6, 6.07) is 4.63. The van der Waals surface area contributed by atoms with Gasteiger partial charge in [-0.3, -0.25) is 9.59 Å². The molecule has 4 rings (SSSR count). The summed E-state index contributed by atoms with van der Waals surface area (Å²) in [6.07, 6.45) is -0.893. The molecule has 1 aromatic carbocycles. The van der Waals surface area contributed by atoms with Gasteiger partial charge in [0.1, 0.15) is 0 Å². The molecule has 2 amide bonds. The smallest absolute Gasteiger partial charge is 0.339 e. The van der Waals surface area contributed by atoms with Crippen molar-refractivity contribution >= 4 is 11.8 Å². The molecule has 7 heteroatoms. The van der Waals surface area contributed by atoms with Gasteiger partial charge in [0.15, 0.2) is 0 Å². The van der Waals surface area contributed by atoms with E-state index >= 15 is 0 Å². The number of piperidine rings is 3. The number of nitrogens with zero attached hydrogens (tertiary/aromatic N) is 2. The first-order valence-corrected chi connectivity index (χ1v) is 9.09. The van der Waals surface area contributed by atoms with Crippen LogP contribution in [0.15, 0.2) is 24.3 Å². The van der Waals surface area contributed by atoms with Crippen LogP contribution in [-0.4, -0.2) is 47.3 Å². The number of likely N-dealkylation sites (tertiary alicyclic amines) is 1. The van der Waals surface area contributed by atoms with Crippen molar-refractivity contribution in [3.63, 3.8) is 0 Å². The molecule has 3 aliphatic heterocycles. The highest BCUT2D eigenvalue weighted by Gasteiger charge is 2.44. The van der Waals surface area contributed by atoms with Crippen molar-refractivity contribution in [2.24, 2.45) is 11.8 Å². The predicted octanol–water partition coefficient (Wildman–Crippen LogP) is 3.18. The molecule has 3 atom stereocenters. The number of carbonyl (C=O) groups excluding carboxylic acids is 2. The van der Waals surface area contributed by atoms with E-state index in [0.29, 0.717) is 26.1 Å².